The molecule has 104 valence electrons. The molecular formula is C15H14F2N2O. The summed E-state index contributed by atoms with van der Waals surface area (Å²) in [5, 5.41) is 2.88. The van der Waals surface area contributed by atoms with E-state index in [0.717, 1.165) is 0 Å². The van der Waals surface area contributed by atoms with Crippen molar-refractivity contribution in [2.75, 3.05) is 6.54 Å². The van der Waals surface area contributed by atoms with E-state index in [1.54, 1.807) is 30.3 Å². The van der Waals surface area contributed by atoms with Crippen LogP contribution in [0.5, 0.6) is 0 Å². The van der Waals surface area contributed by atoms with Crippen molar-refractivity contribution in [1.82, 2.24) is 5.32 Å². The van der Waals surface area contributed by atoms with Gasteiger partial charge in [-0.1, -0.05) is 30.3 Å². The van der Waals surface area contributed by atoms with Crippen LogP contribution in [0.3, 0.4) is 0 Å². The molecule has 2 aromatic rings. The molecule has 0 heterocycles. The molecule has 2 rings (SSSR count). The van der Waals surface area contributed by atoms with Gasteiger partial charge >= 0.3 is 0 Å². The Morgan fingerprint density at radius 1 is 1.10 bits per heavy atom. The van der Waals surface area contributed by atoms with Crippen molar-refractivity contribution in [2.45, 2.75) is 6.04 Å². The normalized spacial score (nSPS) is 12.1. The molecule has 5 heteroatoms. The summed E-state index contributed by atoms with van der Waals surface area (Å²) in [5.74, 6) is -1.33. The summed E-state index contributed by atoms with van der Waals surface area (Å²) >= 11 is 0. The summed E-state index contributed by atoms with van der Waals surface area (Å²) in [4.78, 5) is 10.9. The van der Waals surface area contributed by atoms with Crippen LogP contribution in [0.1, 0.15) is 17.2 Å². The van der Waals surface area contributed by atoms with Gasteiger partial charge < -0.3 is 5.73 Å². The summed E-state index contributed by atoms with van der Waals surface area (Å²) in [6, 6.07) is 11.3. The van der Waals surface area contributed by atoms with Crippen LogP contribution in [0.25, 0.3) is 0 Å². The molecule has 3 nitrogen and oxygen atoms in total. The number of hydrogen-bond acceptors (Lipinski definition) is 2. The van der Waals surface area contributed by atoms with Crippen LogP contribution >= 0.6 is 0 Å². The van der Waals surface area contributed by atoms with Crippen LogP contribution in [-0.4, -0.2) is 12.5 Å². The van der Waals surface area contributed by atoms with Crippen molar-refractivity contribution in [3.8, 4) is 0 Å². The SMILES string of the molecule is NC(=O)CNC(c1ccc(F)cc1)c1ccccc1F. The smallest absolute Gasteiger partial charge is 0.231 e. The van der Waals surface area contributed by atoms with Gasteiger partial charge in [0.25, 0.3) is 0 Å². The van der Waals surface area contributed by atoms with Gasteiger partial charge in [-0.3, -0.25) is 10.1 Å². The Hall–Kier alpha value is -2.27. The van der Waals surface area contributed by atoms with Crippen molar-refractivity contribution < 1.29 is 13.6 Å². The molecule has 0 saturated heterocycles. The Morgan fingerprint density at radius 3 is 2.35 bits per heavy atom. The predicted molar refractivity (Wildman–Crippen MR) is 71.8 cm³/mol. The van der Waals surface area contributed by atoms with Crippen LogP contribution in [0.15, 0.2) is 48.5 Å². The van der Waals surface area contributed by atoms with Gasteiger partial charge in [-0.15, -0.1) is 0 Å². The van der Waals surface area contributed by atoms with E-state index in [4.69, 9.17) is 5.73 Å². The molecule has 0 fully saturated rings. The topological polar surface area (TPSA) is 55.1 Å². The lowest BCUT2D eigenvalue weighted by molar-refractivity contribution is -0.117. The number of benzene rings is 2. The average Bonchev–Trinajstić information content (AvgIpc) is 2.42. The van der Waals surface area contributed by atoms with Crippen LogP contribution < -0.4 is 11.1 Å². The van der Waals surface area contributed by atoms with Crippen molar-refractivity contribution in [2.24, 2.45) is 5.73 Å². The predicted octanol–water partition coefficient (Wildman–Crippen LogP) is 2.13. The number of primary amides is 1. The maximum absolute atomic E-state index is 13.9. The monoisotopic (exact) mass is 276 g/mol. The van der Waals surface area contributed by atoms with E-state index in [9.17, 15) is 13.6 Å². The highest BCUT2D eigenvalue weighted by atomic mass is 19.1. The molecule has 0 aliphatic rings. The molecule has 2 aromatic carbocycles. The Kier molecular flexibility index (Phi) is 4.42. The third-order valence-corrected chi connectivity index (χ3v) is 2.90. The van der Waals surface area contributed by atoms with Crippen molar-refractivity contribution in [1.29, 1.82) is 0 Å². The van der Waals surface area contributed by atoms with Crippen LogP contribution in [0.2, 0.25) is 0 Å². The summed E-state index contributed by atoms with van der Waals surface area (Å²) in [6.07, 6.45) is 0. The van der Waals surface area contributed by atoms with Crippen molar-refractivity contribution in [3.63, 3.8) is 0 Å². The fraction of sp³-hybridized carbons (Fsp3) is 0.133. The van der Waals surface area contributed by atoms with Crippen LogP contribution in [-0.2, 0) is 4.79 Å². The third kappa shape index (κ3) is 3.39. The Balaban J connectivity index is 2.36. The summed E-state index contributed by atoms with van der Waals surface area (Å²) < 4.78 is 26.9. The van der Waals surface area contributed by atoms with E-state index in [-0.39, 0.29) is 12.4 Å². The largest absolute Gasteiger partial charge is 0.369 e. The maximum Gasteiger partial charge on any atom is 0.231 e. The summed E-state index contributed by atoms with van der Waals surface area (Å²) in [6.45, 7) is -0.101. The second kappa shape index (κ2) is 6.25. The number of carbonyl (C=O) groups is 1. The van der Waals surface area contributed by atoms with E-state index in [1.165, 1.54) is 18.2 Å². The number of hydrogen-bond donors (Lipinski definition) is 2. The maximum atomic E-state index is 13.9. The van der Waals surface area contributed by atoms with Gasteiger partial charge in [-0.2, -0.15) is 0 Å². The van der Waals surface area contributed by atoms with Crippen LogP contribution in [0.4, 0.5) is 8.78 Å². The summed E-state index contributed by atoms with van der Waals surface area (Å²) in [7, 11) is 0. The number of amides is 1. The quantitative estimate of drug-likeness (QED) is 0.879. The Morgan fingerprint density at radius 2 is 1.75 bits per heavy atom. The standard InChI is InChI=1S/C15H14F2N2O/c16-11-7-5-10(6-8-11)15(19-9-14(18)20)12-3-1-2-4-13(12)17/h1-8,15,19H,9H2,(H2,18,20). The highest BCUT2D eigenvalue weighted by molar-refractivity contribution is 5.76. The molecule has 0 saturated carbocycles. The first-order valence-corrected chi connectivity index (χ1v) is 6.09. The molecule has 0 spiro atoms. The lowest BCUT2D eigenvalue weighted by atomic mass is 9.98. The Bertz CT molecular complexity index is 599. The fourth-order valence-electron chi connectivity index (χ4n) is 1.97. The molecule has 1 amide bonds. The number of nitrogens with two attached hydrogens (primary N) is 1. The molecule has 1 unspecified atom stereocenters. The number of halogens is 2. The zero-order valence-electron chi connectivity index (χ0n) is 10.6. The molecule has 20 heavy (non-hydrogen) atoms. The molecule has 3 N–H and O–H groups in total. The lowest BCUT2D eigenvalue weighted by Gasteiger charge is -2.19. The molecular weight excluding hydrogens is 262 g/mol. The minimum atomic E-state index is -0.565. The highest BCUT2D eigenvalue weighted by Gasteiger charge is 2.17. The second-order valence-electron chi connectivity index (χ2n) is 4.35. The molecule has 0 aromatic heterocycles. The van der Waals surface area contributed by atoms with Gasteiger partial charge in [-0.25, -0.2) is 8.78 Å². The lowest BCUT2D eigenvalue weighted by Crippen LogP contribution is -2.32. The van der Waals surface area contributed by atoms with Gasteiger partial charge in [-0.05, 0) is 23.8 Å². The van der Waals surface area contributed by atoms with E-state index < -0.39 is 17.8 Å². The first-order valence-electron chi connectivity index (χ1n) is 6.09. The molecule has 0 aliphatic carbocycles. The number of nitrogens with one attached hydrogen (secondary N) is 1. The minimum Gasteiger partial charge on any atom is -0.369 e. The zero-order chi connectivity index (χ0) is 14.5. The summed E-state index contributed by atoms with van der Waals surface area (Å²) in [5.41, 5.74) is 6.13. The van der Waals surface area contributed by atoms with Crippen LogP contribution in [0, 0.1) is 11.6 Å². The van der Waals surface area contributed by atoms with E-state index >= 15 is 0 Å². The molecule has 0 radical (unpaired) electrons. The van der Waals surface area contributed by atoms with Gasteiger partial charge in [0.1, 0.15) is 11.6 Å². The van der Waals surface area contributed by atoms with E-state index in [1.807, 2.05) is 0 Å². The molecule has 1 atom stereocenters. The van der Waals surface area contributed by atoms with E-state index in [2.05, 4.69) is 5.32 Å². The number of rotatable bonds is 5. The fourth-order valence-corrected chi connectivity index (χ4v) is 1.97. The Labute approximate surface area is 115 Å². The highest BCUT2D eigenvalue weighted by Crippen LogP contribution is 2.24. The molecule has 0 aliphatic heterocycles. The van der Waals surface area contributed by atoms with Crippen molar-refractivity contribution >= 4 is 5.91 Å². The minimum absolute atomic E-state index is 0.101. The van der Waals surface area contributed by atoms with Gasteiger partial charge in [0, 0.05) is 5.56 Å². The van der Waals surface area contributed by atoms with E-state index in [0.29, 0.717) is 11.1 Å². The van der Waals surface area contributed by atoms with Gasteiger partial charge in [0.2, 0.25) is 5.91 Å². The van der Waals surface area contributed by atoms with Crippen molar-refractivity contribution in [3.05, 3.63) is 71.3 Å². The van der Waals surface area contributed by atoms with Gasteiger partial charge in [0.15, 0.2) is 0 Å². The zero-order valence-corrected chi connectivity index (χ0v) is 10.6. The second-order valence-corrected chi connectivity index (χ2v) is 4.35. The average molecular weight is 276 g/mol. The first-order chi connectivity index (χ1) is 9.58. The number of carbonyl (C=O) groups excluding carboxylic acids is 1. The van der Waals surface area contributed by atoms with Gasteiger partial charge in [0.05, 0.1) is 12.6 Å². The first kappa shape index (κ1) is 14.1. The molecule has 0 bridgehead atoms. The third-order valence-electron chi connectivity index (χ3n) is 2.90.